The minimum atomic E-state index is -0.405. The number of esters is 1. The molecule has 7 nitrogen and oxygen atoms in total. The lowest BCUT2D eigenvalue weighted by atomic mass is 9.93. The summed E-state index contributed by atoms with van der Waals surface area (Å²) in [5.41, 5.74) is 5.61. The van der Waals surface area contributed by atoms with E-state index >= 15 is 0 Å². The second-order valence-electron chi connectivity index (χ2n) is 7.56. The van der Waals surface area contributed by atoms with Crippen molar-refractivity contribution in [2.75, 3.05) is 27.9 Å². The lowest BCUT2D eigenvalue weighted by Gasteiger charge is -2.23. The fourth-order valence-corrected chi connectivity index (χ4v) is 4.50. The molecule has 0 saturated carbocycles. The minimum absolute atomic E-state index is 0.0899. The molecule has 2 heterocycles. The van der Waals surface area contributed by atoms with Gasteiger partial charge in [0.15, 0.2) is 11.5 Å². The highest BCUT2D eigenvalue weighted by Crippen LogP contribution is 2.47. The van der Waals surface area contributed by atoms with Crippen LogP contribution in [0.5, 0.6) is 23.0 Å². The number of ether oxygens (including phenoxy) is 4. The van der Waals surface area contributed by atoms with Crippen LogP contribution < -0.4 is 14.2 Å². The van der Waals surface area contributed by atoms with Gasteiger partial charge in [-0.3, -0.25) is 0 Å². The van der Waals surface area contributed by atoms with Crippen LogP contribution in [0.25, 0.3) is 22.4 Å². The SMILES string of the molecule is CCOC(=O)c1c(-c2ccc(O)cc2OC)c(C)n2c1-c1cc(OC)c(OC)cc1CC2. The Morgan fingerprint density at radius 3 is 2.34 bits per heavy atom. The van der Waals surface area contributed by atoms with Gasteiger partial charge in [0.25, 0.3) is 0 Å². The summed E-state index contributed by atoms with van der Waals surface area (Å²) in [6, 6.07) is 8.78. The molecule has 0 radical (unpaired) electrons. The number of aryl methyl sites for hydroxylation is 1. The second-order valence-corrected chi connectivity index (χ2v) is 7.56. The Labute approximate surface area is 187 Å². The molecule has 1 aliphatic heterocycles. The van der Waals surface area contributed by atoms with Gasteiger partial charge in [-0.05, 0) is 50.1 Å². The molecule has 1 aliphatic rings. The van der Waals surface area contributed by atoms with Gasteiger partial charge in [0.2, 0.25) is 0 Å². The van der Waals surface area contributed by atoms with E-state index in [-0.39, 0.29) is 12.4 Å². The van der Waals surface area contributed by atoms with E-state index < -0.39 is 5.97 Å². The Hall–Kier alpha value is -3.61. The number of methoxy groups -OCH3 is 3. The maximum Gasteiger partial charge on any atom is 0.340 e. The van der Waals surface area contributed by atoms with Crippen LogP contribution in [-0.2, 0) is 17.7 Å². The summed E-state index contributed by atoms with van der Waals surface area (Å²) in [5, 5.41) is 9.94. The summed E-state index contributed by atoms with van der Waals surface area (Å²) in [7, 11) is 4.75. The Morgan fingerprint density at radius 1 is 1.00 bits per heavy atom. The van der Waals surface area contributed by atoms with Crippen LogP contribution >= 0.6 is 0 Å². The van der Waals surface area contributed by atoms with Crippen molar-refractivity contribution < 1.29 is 28.8 Å². The standard InChI is InChI=1S/C25H27NO6/c1-6-32-25(28)23-22(17-8-7-16(27)12-19(17)29-3)14(2)26-10-9-15-11-20(30-4)21(31-5)13-18(15)24(23)26/h7-8,11-13,27H,6,9-10H2,1-5H3. The first-order valence-corrected chi connectivity index (χ1v) is 10.5. The Balaban J connectivity index is 2.07. The molecule has 0 saturated heterocycles. The van der Waals surface area contributed by atoms with Gasteiger partial charge in [-0.2, -0.15) is 0 Å². The summed E-state index contributed by atoms with van der Waals surface area (Å²) in [5.74, 6) is 1.41. The molecule has 1 aromatic heterocycles. The van der Waals surface area contributed by atoms with Crippen LogP contribution in [-0.4, -0.2) is 43.6 Å². The van der Waals surface area contributed by atoms with Gasteiger partial charge in [-0.15, -0.1) is 0 Å². The van der Waals surface area contributed by atoms with E-state index in [0.29, 0.717) is 29.4 Å². The monoisotopic (exact) mass is 437 g/mol. The summed E-state index contributed by atoms with van der Waals surface area (Å²) in [4.78, 5) is 13.3. The molecule has 7 heteroatoms. The average Bonchev–Trinajstić information content (AvgIpc) is 3.10. The van der Waals surface area contributed by atoms with E-state index in [1.165, 1.54) is 0 Å². The van der Waals surface area contributed by atoms with Crippen LogP contribution in [0.4, 0.5) is 0 Å². The van der Waals surface area contributed by atoms with Gasteiger partial charge in [-0.25, -0.2) is 4.79 Å². The number of hydrogen-bond donors (Lipinski definition) is 1. The zero-order chi connectivity index (χ0) is 23.0. The molecule has 0 spiro atoms. The molecule has 4 rings (SSSR count). The van der Waals surface area contributed by atoms with Gasteiger partial charge >= 0.3 is 5.97 Å². The summed E-state index contributed by atoms with van der Waals surface area (Å²) < 4.78 is 24.2. The lowest BCUT2D eigenvalue weighted by Crippen LogP contribution is -2.15. The van der Waals surface area contributed by atoms with E-state index in [2.05, 4.69) is 4.57 Å². The number of fused-ring (bicyclic) bond motifs is 3. The van der Waals surface area contributed by atoms with Crippen molar-refractivity contribution in [1.82, 2.24) is 4.57 Å². The summed E-state index contributed by atoms with van der Waals surface area (Å²) in [6.07, 6.45) is 0.784. The fourth-order valence-electron chi connectivity index (χ4n) is 4.50. The second kappa shape index (κ2) is 8.49. The van der Waals surface area contributed by atoms with Crippen molar-refractivity contribution in [3.63, 3.8) is 0 Å². The van der Waals surface area contributed by atoms with Crippen LogP contribution in [0.2, 0.25) is 0 Å². The highest BCUT2D eigenvalue weighted by molar-refractivity contribution is 6.06. The van der Waals surface area contributed by atoms with Crippen LogP contribution in [0.1, 0.15) is 28.5 Å². The zero-order valence-corrected chi connectivity index (χ0v) is 18.9. The molecule has 0 amide bonds. The van der Waals surface area contributed by atoms with Gasteiger partial charge in [0.1, 0.15) is 11.5 Å². The third-order valence-electron chi connectivity index (χ3n) is 5.93. The minimum Gasteiger partial charge on any atom is -0.508 e. The highest BCUT2D eigenvalue weighted by Gasteiger charge is 2.33. The van der Waals surface area contributed by atoms with Crippen LogP contribution in [0.15, 0.2) is 30.3 Å². The molecular weight excluding hydrogens is 410 g/mol. The topological polar surface area (TPSA) is 79.2 Å². The zero-order valence-electron chi connectivity index (χ0n) is 18.9. The van der Waals surface area contributed by atoms with Gasteiger partial charge < -0.3 is 28.6 Å². The number of nitrogens with zero attached hydrogens (tertiary/aromatic N) is 1. The first-order chi connectivity index (χ1) is 15.4. The predicted molar refractivity (Wildman–Crippen MR) is 121 cm³/mol. The Morgan fingerprint density at radius 2 is 1.69 bits per heavy atom. The first kappa shape index (κ1) is 21.6. The van der Waals surface area contributed by atoms with E-state index in [9.17, 15) is 9.90 Å². The van der Waals surface area contributed by atoms with Crippen molar-refractivity contribution in [3.8, 4) is 45.4 Å². The smallest absolute Gasteiger partial charge is 0.340 e. The largest absolute Gasteiger partial charge is 0.508 e. The molecule has 32 heavy (non-hydrogen) atoms. The number of carbonyl (C=O) groups is 1. The fraction of sp³-hybridized carbons (Fsp3) is 0.320. The third-order valence-corrected chi connectivity index (χ3v) is 5.93. The number of hydrogen-bond acceptors (Lipinski definition) is 6. The van der Waals surface area contributed by atoms with Crippen molar-refractivity contribution in [3.05, 3.63) is 47.2 Å². The number of rotatable bonds is 6. The molecule has 3 aromatic rings. The van der Waals surface area contributed by atoms with Crippen molar-refractivity contribution in [2.45, 2.75) is 26.8 Å². The van der Waals surface area contributed by atoms with Crippen molar-refractivity contribution >= 4 is 5.97 Å². The summed E-state index contributed by atoms with van der Waals surface area (Å²) in [6.45, 7) is 4.74. The van der Waals surface area contributed by atoms with E-state index in [4.69, 9.17) is 18.9 Å². The first-order valence-electron chi connectivity index (χ1n) is 10.5. The third kappa shape index (κ3) is 3.34. The highest BCUT2D eigenvalue weighted by atomic mass is 16.5. The number of benzene rings is 2. The molecule has 0 unspecified atom stereocenters. The normalized spacial score (nSPS) is 12.0. The van der Waals surface area contributed by atoms with Gasteiger partial charge in [-0.1, -0.05) is 0 Å². The average molecular weight is 437 g/mol. The number of aromatic nitrogens is 1. The molecule has 1 N–H and O–H groups in total. The molecule has 0 aliphatic carbocycles. The van der Waals surface area contributed by atoms with Crippen LogP contribution in [0, 0.1) is 6.92 Å². The molecule has 0 fully saturated rings. The van der Waals surface area contributed by atoms with E-state index in [1.807, 2.05) is 19.1 Å². The van der Waals surface area contributed by atoms with Gasteiger partial charge in [0, 0.05) is 35.0 Å². The Kier molecular flexibility index (Phi) is 5.74. The number of phenols is 1. The maximum atomic E-state index is 13.3. The number of aromatic hydroxyl groups is 1. The van der Waals surface area contributed by atoms with Gasteiger partial charge in [0.05, 0.1) is 39.2 Å². The molecule has 0 atom stereocenters. The summed E-state index contributed by atoms with van der Waals surface area (Å²) >= 11 is 0. The van der Waals surface area contributed by atoms with E-state index in [1.54, 1.807) is 46.5 Å². The Bertz CT molecular complexity index is 1190. The number of carbonyl (C=O) groups excluding carboxylic acids is 1. The van der Waals surface area contributed by atoms with Crippen LogP contribution in [0.3, 0.4) is 0 Å². The molecule has 168 valence electrons. The predicted octanol–water partition coefficient (Wildman–Crippen LogP) is 4.59. The lowest BCUT2D eigenvalue weighted by molar-refractivity contribution is 0.0528. The van der Waals surface area contributed by atoms with Crippen molar-refractivity contribution in [2.24, 2.45) is 0 Å². The van der Waals surface area contributed by atoms with Crippen molar-refractivity contribution in [1.29, 1.82) is 0 Å². The quantitative estimate of drug-likeness (QED) is 0.568. The molecule has 0 bridgehead atoms. The molecular formula is C25H27NO6. The molecule has 2 aromatic carbocycles. The van der Waals surface area contributed by atoms with E-state index in [0.717, 1.165) is 40.1 Å². The number of phenolic OH excluding ortho intramolecular Hbond substituents is 1. The maximum absolute atomic E-state index is 13.3.